The van der Waals surface area contributed by atoms with E-state index < -0.39 is 11.4 Å². The van der Waals surface area contributed by atoms with Gasteiger partial charge in [0.05, 0.1) is 11.5 Å². The van der Waals surface area contributed by atoms with Crippen LogP contribution in [0.4, 0.5) is 0 Å². The molecule has 0 radical (unpaired) electrons. The van der Waals surface area contributed by atoms with Gasteiger partial charge in [0.25, 0.3) is 0 Å². The van der Waals surface area contributed by atoms with Crippen LogP contribution in [0.1, 0.15) is 56.4 Å². The van der Waals surface area contributed by atoms with Gasteiger partial charge in [0.1, 0.15) is 0 Å². The number of thiophene rings is 1. The minimum atomic E-state index is -0.850. The van der Waals surface area contributed by atoms with Crippen molar-refractivity contribution in [3.05, 3.63) is 22.4 Å². The van der Waals surface area contributed by atoms with E-state index in [1.165, 1.54) is 0 Å². The van der Waals surface area contributed by atoms with Crippen molar-refractivity contribution in [1.82, 2.24) is 5.32 Å². The Balaban J connectivity index is 1.97. The van der Waals surface area contributed by atoms with Gasteiger partial charge in [-0.3, -0.25) is 9.59 Å². The summed E-state index contributed by atoms with van der Waals surface area (Å²) in [6.45, 7) is 1.93. The van der Waals surface area contributed by atoms with E-state index in [-0.39, 0.29) is 18.4 Å². The third-order valence-electron chi connectivity index (χ3n) is 4.11. The van der Waals surface area contributed by atoms with Gasteiger partial charge in [-0.1, -0.05) is 25.3 Å². The average Bonchev–Trinajstić information content (AvgIpc) is 2.93. The molecule has 1 fully saturated rings. The predicted molar refractivity (Wildman–Crippen MR) is 78.6 cm³/mol. The molecule has 1 unspecified atom stereocenters. The van der Waals surface area contributed by atoms with Crippen LogP contribution in [0, 0.1) is 5.41 Å². The fraction of sp³-hybridized carbons (Fsp3) is 0.600. The number of carbonyl (C=O) groups is 2. The van der Waals surface area contributed by atoms with Crippen molar-refractivity contribution in [3.63, 3.8) is 0 Å². The molecule has 5 heteroatoms. The third kappa shape index (κ3) is 3.39. The molecule has 4 nitrogen and oxygen atoms in total. The zero-order chi connectivity index (χ0) is 14.6. The lowest BCUT2D eigenvalue weighted by Crippen LogP contribution is -2.39. The maximum atomic E-state index is 12.2. The highest BCUT2D eigenvalue weighted by Crippen LogP contribution is 2.39. The van der Waals surface area contributed by atoms with Crippen LogP contribution in [0.3, 0.4) is 0 Å². The normalized spacial score (nSPS) is 19.2. The summed E-state index contributed by atoms with van der Waals surface area (Å²) < 4.78 is 0. The fourth-order valence-corrected chi connectivity index (χ4v) is 3.64. The van der Waals surface area contributed by atoms with Gasteiger partial charge in [-0.15, -0.1) is 11.3 Å². The number of carbonyl (C=O) groups excluding carboxylic acids is 1. The molecule has 1 aromatic rings. The van der Waals surface area contributed by atoms with Crippen LogP contribution in [0.5, 0.6) is 0 Å². The number of nitrogens with one attached hydrogen (secondary N) is 1. The highest BCUT2D eigenvalue weighted by atomic mass is 32.1. The van der Waals surface area contributed by atoms with Crippen molar-refractivity contribution in [2.45, 2.75) is 51.5 Å². The number of carboxylic acids is 1. The summed E-state index contributed by atoms with van der Waals surface area (Å²) in [6.07, 6.45) is 4.20. The van der Waals surface area contributed by atoms with Crippen LogP contribution < -0.4 is 5.32 Å². The van der Waals surface area contributed by atoms with E-state index in [9.17, 15) is 14.7 Å². The van der Waals surface area contributed by atoms with Crippen molar-refractivity contribution in [2.24, 2.45) is 5.41 Å². The molecule has 1 aliphatic carbocycles. The number of rotatable bonds is 5. The van der Waals surface area contributed by atoms with Crippen LogP contribution in [0.15, 0.2) is 17.5 Å². The van der Waals surface area contributed by atoms with E-state index in [1.54, 1.807) is 11.3 Å². The Hall–Kier alpha value is -1.36. The van der Waals surface area contributed by atoms with Crippen molar-refractivity contribution < 1.29 is 14.7 Å². The van der Waals surface area contributed by atoms with E-state index >= 15 is 0 Å². The van der Waals surface area contributed by atoms with Gasteiger partial charge in [-0.05, 0) is 31.2 Å². The first-order valence-electron chi connectivity index (χ1n) is 7.10. The number of amides is 1. The van der Waals surface area contributed by atoms with Crippen molar-refractivity contribution >= 4 is 23.2 Å². The molecule has 0 spiro atoms. The summed E-state index contributed by atoms with van der Waals surface area (Å²) in [5.74, 6) is -0.980. The predicted octanol–water partition coefficient (Wildman–Crippen LogP) is 3.35. The molecule has 1 aliphatic rings. The minimum Gasteiger partial charge on any atom is -0.481 e. The largest absolute Gasteiger partial charge is 0.481 e. The standard InChI is InChI=1S/C15H21NO3S/c1-11(12-6-5-9-20-12)16-13(17)10-15(14(18)19)7-3-2-4-8-15/h5-6,9,11H,2-4,7-8,10H2,1H3,(H,16,17)(H,18,19). The molecule has 1 aromatic heterocycles. The number of aliphatic carboxylic acids is 1. The SMILES string of the molecule is CC(NC(=O)CC1(C(=O)O)CCCCC1)c1cccs1. The highest BCUT2D eigenvalue weighted by molar-refractivity contribution is 7.10. The summed E-state index contributed by atoms with van der Waals surface area (Å²) in [7, 11) is 0. The second-order valence-corrected chi connectivity index (χ2v) is 6.61. The highest BCUT2D eigenvalue weighted by Gasteiger charge is 2.41. The van der Waals surface area contributed by atoms with Gasteiger partial charge in [-0.25, -0.2) is 0 Å². The molecular weight excluding hydrogens is 274 g/mol. The van der Waals surface area contributed by atoms with Crippen LogP contribution in [-0.2, 0) is 9.59 Å². The Morgan fingerprint density at radius 3 is 2.65 bits per heavy atom. The van der Waals surface area contributed by atoms with Crippen LogP contribution in [0.25, 0.3) is 0 Å². The molecule has 20 heavy (non-hydrogen) atoms. The number of hydrogen-bond acceptors (Lipinski definition) is 3. The van der Waals surface area contributed by atoms with Gasteiger partial charge in [0.15, 0.2) is 0 Å². The van der Waals surface area contributed by atoms with Gasteiger partial charge in [0.2, 0.25) is 5.91 Å². The maximum absolute atomic E-state index is 12.2. The first-order valence-corrected chi connectivity index (χ1v) is 7.98. The molecule has 1 saturated carbocycles. The second-order valence-electron chi connectivity index (χ2n) is 5.63. The Morgan fingerprint density at radius 2 is 2.10 bits per heavy atom. The van der Waals surface area contributed by atoms with E-state index in [4.69, 9.17) is 0 Å². The van der Waals surface area contributed by atoms with Crippen LogP contribution in [-0.4, -0.2) is 17.0 Å². The van der Waals surface area contributed by atoms with Gasteiger partial charge in [0, 0.05) is 11.3 Å². The lowest BCUT2D eigenvalue weighted by atomic mass is 9.71. The molecular formula is C15H21NO3S. The van der Waals surface area contributed by atoms with Gasteiger partial charge in [-0.2, -0.15) is 0 Å². The van der Waals surface area contributed by atoms with Crippen LogP contribution in [0.2, 0.25) is 0 Å². The fourth-order valence-electron chi connectivity index (χ4n) is 2.90. The Bertz CT molecular complexity index is 463. The van der Waals surface area contributed by atoms with Crippen molar-refractivity contribution in [1.29, 1.82) is 0 Å². The maximum Gasteiger partial charge on any atom is 0.310 e. The lowest BCUT2D eigenvalue weighted by Gasteiger charge is -2.32. The van der Waals surface area contributed by atoms with Crippen LogP contribution >= 0.6 is 11.3 Å². The molecule has 110 valence electrons. The van der Waals surface area contributed by atoms with E-state index in [0.29, 0.717) is 12.8 Å². The van der Waals surface area contributed by atoms with E-state index in [1.807, 2.05) is 24.4 Å². The third-order valence-corrected chi connectivity index (χ3v) is 5.17. The first-order chi connectivity index (χ1) is 9.53. The summed E-state index contributed by atoms with van der Waals surface area (Å²) in [6, 6.07) is 3.86. The molecule has 1 heterocycles. The van der Waals surface area contributed by atoms with E-state index in [2.05, 4.69) is 5.32 Å². The average molecular weight is 295 g/mol. The summed E-state index contributed by atoms with van der Waals surface area (Å²) >= 11 is 1.59. The Labute approximate surface area is 123 Å². The van der Waals surface area contributed by atoms with Crippen molar-refractivity contribution in [2.75, 3.05) is 0 Å². The first kappa shape index (κ1) is 15.0. The molecule has 2 N–H and O–H groups in total. The zero-order valence-electron chi connectivity index (χ0n) is 11.7. The molecule has 0 bridgehead atoms. The Kier molecular flexibility index (Phi) is 4.81. The van der Waals surface area contributed by atoms with E-state index in [0.717, 1.165) is 24.1 Å². The van der Waals surface area contributed by atoms with Gasteiger partial charge >= 0.3 is 5.97 Å². The smallest absolute Gasteiger partial charge is 0.310 e. The molecule has 1 amide bonds. The lowest BCUT2D eigenvalue weighted by molar-refractivity contribution is -0.154. The topological polar surface area (TPSA) is 66.4 Å². The molecule has 0 saturated heterocycles. The summed E-state index contributed by atoms with van der Waals surface area (Å²) in [5.41, 5.74) is -0.850. The molecule has 0 aliphatic heterocycles. The summed E-state index contributed by atoms with van der Waals surface area (Å²) in [5, 5.41) is 14.4. The zero-order valence-corrected chi connectivity index (χ0v) is 12.5. The molecule has 2 rings (SSSR count). The second kappa shape index (κ2) is 6.39. The quantitative estimate of drug-likeness (QED) is 0.875. The minimum absolute atomic E-state index is 0.0584. The molecule has 0 aromatic carbocycles. The number of carboxylic acid groups (broad SMARTS) is 1. The monoisotopic (exact) mass is 295 g/mol. The summed E-state index contributed by atoms with van der Waals surface area (Å²) in [4.78, 5) is 24.8. The Morgan fingerprint density at radius 1 is 1.40 bits per heavy atom. The van der Waals surface area contributed by atoms with Crippen molar-refractivity contribution in [3.8, 4) is 0 Å². The van der Waals surface area contributed by atoms with Gasteiger partial charge < -0.3 is 10.4 Å². The number of hydrogen-bond donors (Lipinski definition) is 2. The molecule has 1 atom stereocenters.